The SMILES string of the molecule is CC(NC(=O)/C=C/c1ccccc1)C(=O)Nc1ccc(OCc2cn3ccccc3n2)cc1. The van der Waals surface area contributed by atoms with E-state index in [2.05, 4.69) is 15.6 Å². The molecule has 2 heterocycles. The molecule has 0 spiro atoms. The standard InChI is InChI=1S/C26H24N4O3/c1-19(27-25(31)15-10-20-7-3-2-4-8-20)26(32)29-21-11-13-23(14-12-21)33-18-22-17-30-16-6-5-9-24(30)28-22/h2-17,19H,18H2,1H3,(H,27,31)(H,29,32)/b15-10+. The lowest BCUT2D eigenvalue weighted by molar-refractivity contribution is -0.123. The average molecular weight is 441 g/mol. The minimum atomic E-state index is -0.691. The highest BCUT2D eigenvalue weighted by molar-refractivity contribution is 5.99. The van der Waals surface area contributed by atoms with E-state index in [1.165, 1.54) is 6.08 Å². The fourth-order valence-electron chi connectivity index (χ4n) is 3.16. The van der Waals surface area contributed by atoms with Crippen molar-refractivity contribution in [2.75, 3.05) is 5.32 Å². The molecule has 2 N–H and O–H groups in total. The zero-order chi connectivity index (χ0) is 23.0. The second-order valence-electron chi connectivity index (χ2n) is 7.47. The van der Waals surface area contributed by atoms with Crippen LogP contribution in [0.5, 0.6) is 5.75 Å². The molecule has 4 aromatic rings. The molecular formula is C26H24N4O3. The lowest BCUT2D eigenvalue weighted by Crippen LogP contribution is -2.40. The van der Waals surface area contributed by atoms with E-state index in [0.29, 0.717) is 18.0 Å². The number of benzene rings is 2. The van der Waals surface area contributed by atoms with Gasteiger partial charge in [-0.15, -0.1) is 0 Å². The number of aromatic nitrogens is 2. The second-order valence-corrected chi connectivity index (χ2v) is 7.47. The Morgan fingerprint density at radius 1 is 1.03 bits per heavy atom. The zero-order valence-electron chi connectivity index (χ0n) is 18.1. The van der Waals surface area contributed by atoms with Crippen LogP contribution in [0.4, 0.5) is 5.69 Å². The number of pyridine rings is 1. The molecule has 0 saturated carbocycles. The minimum absolute atomic E-state index is 0.310. The van der Waals surface area contributed by atoms with Crippen LogP contribution in [0.3, 0.4) is 0 Å². The molecule has 7 nitrogen and oxygen atoms in total. The van der Waals surface area contributed by atoms with Crippen LogP contribution in [-0.2, 0) is 16.2 Å². The van der Waals surface area contributed by atoms with Crippen LogP contribution in [0, 0.1) is 0 Å². The number of imidazole rings is 1. The maximum Gasteiger partial charge on any atom is 0.246 e. The third-order valence-corrected chi connectivity index (χ3v) is 4.90. The van der Waals surface area contributed by atoms with Gasteiger partial charge < -0.3 is 19.8 Å². The average Bonchev–Trinajstić information content (AvgIpc) is 3.26. The molecular weight excluding hydrogens is 416 g/mol. The first kappa shape index (κ1) is 21.8. The van der Waals surface area contributed by atoms with E-state index in [4.69, 9.17) is 4.74 Å². The van der Waals surface area contributed by atoms with Crippen LogP contribution in [0.1, 0.15) is 18.2 Å². The fourth-order valence-corrected chi connectivity index (χ4v) is 3.16. The van der Waals surface area contributed by atoms with E-state index in [0.717, 1.165) is 16.9 Å². The number of hydrogen-bond donors (Lipinski definition) is 2. The predicted octanol–water partition coefficient (Wildman–Crippen LogP) is 4.07. The second kappa shape index (κ2) is 10.3. The number of nitrogens with one attached hydrogen (secondary N) is 2. The van der Waals surface area contributed by atoms with Gasteiger partial charge in [0.25, 0.3) is 0 Å². The van der Waals surface area contributed by atoms with Gasteiger partial charge in [-0.2, -0.15) is 0 Å². The van der Waals surface area contributed by atoms with Crippen molar-refractivity contribution in [1.82, 2.24) is 14.7 Å². The maximum absolute atomic E-state index is 12.4. The lowest BCUT2D eigenvalue weighted by Gasteiger charge is -2.13. The molecule has 0 saturated heterocycles. The number of carbonyl (C=O) groups is 2. The van der Waals surface area contributed by atoms with Crippen molar-refractivity contribution in [3.05, 3.63) is 103 Å². The Morgan fingerprint density at radius 2 is 1.79 bits per heavy atom. The van der Waals surface area contributed by atoms with Crippen molar-refractivity contribution < 1.29 is 14.3 Å². The third kappa shape index (κ3) is 6.07. The minimum Gasteiger partial charge on any atom is -0.487 e. The lowest BCUT2D eigenvalue weighted by atomic mass is 10.2. The van der Waals surface area contributed by atoms with E-state index in [9.17, 15) is 9.59 Å². The number of fused-ring (bicyclic) bond motifs is 1. The third-order valence-electron chi connectivity index (χ3n) is 4.90. The van der Waals surface area contributed by atoms with Gasteiger partial charge >= 0.3 is 0 Å². The normalized spacial score (nSPS) is 11.9. The summed E-state index contributed by atoms with van der Waals surface area (Å²) in [6.45, 7) is 1.98. The molecule has 1 atom stereocenters. The predicted molar refractivity (Wildman–Crippen MR) is 128 cm³/mol. The number of carbonyl (C=O) groups excluding carboxylic acids is 2. The molecule has 7 heteroatoms. The number of rotatable bonds is 8. The molecule has 33 heavy (non-hydrogen) atoms. The summed E-state index contributed by atoms with van der Waals surface area (Å²) >= 11 is 0. The van der Waals surface area contributed by atoms with E-state index >= 15 is 0 Å². The van der Waals surface area contributed by atoms with Gasteiger partial charge in [0.15, 0.2) is 0 Å². The van der Waals surface area contributed by atoms with Crippen molar-refractivity contribution in [3.8, 4) is 5.75 Å². The molecule has 166 valence electrons. The van der Waals surface area contributed by atoms with Crippen molar-refractivity contribution in [1.29, 1.82) is 0 Å². The summed E-state index contributed by atoms with van der Waals surface area (Å²) < 4.78 is 7.73. The van der Waals surface area contributed by atoms with Crippen LogP contribution < -0.4 is 15.4 Å². The summed E-state index contributed by atoms with van der Waals surface area (Å²) in [6, 6.07) is 21.7. The Kier molecular flexibility index (Phi) is 6.80. The molecule has 2 aromatic carbocycles. The fraction of sp³-hybridized carbons (Fsp3) is 0.115. The first-order valence-electron chi connectivity index (χ1n) is 10.6. The maximum atomic E-state index is 12.4. The summed E-state index contributed by atoms with van der Waals surface area (Å²) in [6.07, 6.45) is 6.97. The topological polar surface area (TPSA) is 84.7 Å². The van der Waals surface area contributed by atoms with Crippen LogP contribution in [0.15, 0.2) is 91.3 Å². The van der Waals surface area contributed by atoms with Crippen molar-refractivity contribution in [2.24, 2.45) is 0 Å². The molecule has 2 aromatic heterocycles. The number of hydrogen-bond acceptors (Lipinski definition) is 4. The summed E-state index contributed by atoms with van der Waals surface area (Å²) in [5, 5.41) is 5.45. The molecule has 0 fully saturated rings. The van der Waals surface area contributed by atoms with Gasteiger partial charge in [0.1, 0.15) is 24.0 Å². The summed E-state index contributed by atoms with van der Waals surface area (Å²) in [7, 11) is 0. The number of ether oxygens (including phenoxy) is 1. The zero-order valence-corrected chi connectivity index (χ0v) is 18.1. The summed E-state index contributed by atoms with van der Waals surface area (Å²) in [5.41, 5.74) is 3.21. The molecule has 0 aliphatic rings. The summed E-state index contributed by atoms with van der Waals surface area (Å²) in [4.78, 5) is 29.0. The molecule has 2 amide bonds. The van der Waals surface area contributed by atoms with E-state index in [1.54, 1.807) is 37.3 Å². The van der Waals surface area contributed by atoms with Gasteiger partial charge in [0.05, 0.1) is 5.69 Å². The first-order chi connectivity index (χ1) is 16.1. The molecule has 0 aliphatic heterocycles. The molecule has 0 bridgehead atoms. The van der Waals surface area contributed by atoms with Crippen LogP contribution in [0.25, 0.3) is 11.7 Å². The van der Waals surface area contributed by atoms with Gasteiger partial charge in [-0.3, -0.25) is 9.59 Å². The highest BCUT2D eigenvalue weighted by Gasteiger charge is 2.14. The Balaban J connectivity index is 1.25. The molecule has 0 aliphatic carbocycles. The largest absolute Gasteiger partial charge is 0.487 e. The highest BCUT2D eigenvalue weighted by atomic mass is 16.5. The van der Waals surface area contributed by atoms with Crippen molar-refractivity contribution >= 4 is 29.2 Å². The van der Waals surface area contributed by atoms with Crippen molar-refractivity contribution in [2.45, 2.75) is 19.6 Å². The van der Waals surface area contributed by atoms with Gasteiger partial charge in [-0.05, 0) is 55.0 Å². The quantitative estimate of drug-likeness (QED) is 0.405. The molecule has 4 rings (SSSR count). The number of amides is 2. The monoisotopic (exact) mass is 440 g/mol. The van der Waals surface area contributed by atoms with E-state index in [-0.39, 0.29) is 11.8 Å². The highest BCUT2D eigenvalue weighted by Crippen LogP contribution is 2.17. The molecule has 1 unspecified atom stereocenters. The van der Waals surface area contributed by atoms with E-state index < -0.39 is 6.04 Å². The van der Waals surface area contributed by atoms with Crippen molar-refractivity contribution in [3.63, 3.8) is 0 Å². The Bertz CT molecular complexity index is 1230. The van der Waals surface area contributed by atoms with Crippen LogP contribution >= 0.6 is 0 Å². The smallest absolute Gasteiger partial charge is 0.246 e. The summed E-state index contributed by atoms with van der Waals surface area (Å²) in [5.74, 6) is 0.0180. The Morgan fingerprint density at radius 3 is 2.55 bits per heavy atom. The number of nitrogens with zero attached hydrogens (tertiary/aromatic N) is 2. The Labute approximate surface area is 191 Å². The van der Waals surface area contributed by atoms with Gasteiger partial charge in [0.2, 0.25) is 11.8 Å². The van der Waals surface area contributed by atoms with Crippen LogP contribution in [-0.4, -0.2) is 27.2 Å². The van der Waals surface area contributed by atoms with Gasteiger partial charge in [0, 0.05) is 24.2 Å². The Hall–Kier alpha value is -4.39. The van der Waals surface area contributed by atoms with Gasteiger partial charge in [-0.1, -0.05) is 36.4 Å². The first-order valence-corrected chi connectivity index (χ1v) is 10.6. The molecule has 0 radical (unpaired) electrons. The van der Waals surface area contributed by atoms with E-state index in [1.807, 2.05) is 65.3 Å². The van der Waals surface area contributed by atoms with Gasteiger partial charge in [-0.25, -0.2) is 4.98 Å². The van der Waals surface area contributed by atoms with Crippen LogP contribution in [0.2, 0.25) is 0 Å². The number of anilines is 1.